The van der Waals surface area contributed by atoms with Crippen LogP contribution in [0.4, 0.5) is 0 Å². The first-order chi connectivity index (χ1) is 8.31. The molecule has 96 valence electrons. The first-order valence-corrected chi connectivity index (χ1v) is 6.77. The lowest BCUT2D eigenvalue weighted by Gasteiger charge is -2.18. The number of hydrogen-bond donors (Lipinski definition) is 1. The molecule has 0 spiro atoms. The van der Waals surface area contributed by atoms with Crippen molar-refractivity contribution in [1.82, 2.24) is 5.32 Å². The molecular formula is C15H25NO. The zero-order chi connectivity index (χ0) is 12.5. The Bertz CT molecular complexity index is 294. The van der Waals surface area contributed by atoms with Crippen LogP contribution in [0.15, 0.2) is 24.3 Å². The zero-order valence-corrected chi connectivity index (χ0v) is 11.3. The number of rotatable bonds is 8. The van der Waals surface area contributed by atoms with E-state index in [0.29, 0.717) is 6.04 Å². The summed E-state index contributed by atoms with van der Waals surface area (Å²) < 4.78 is 5.46. The Morgan fingerprint density at radius 1 is 1.12 bits per heavy atom. The van der Waals surface area contributed by atoms with Gasteiger partial charge in [-0.2, -0.15) is 0 Å². The first-order valence-electron chi connectivity index (χ1n) is 6.77. The van der Waals surface area contributed by atoms with E-state index in [1.165, 1.54) is 24.8 Å². The summed E-state index contributed by atoms with van der Waals surface area (Å²) in [5.74, 6) is 0.960. The highest BCUT2D eigenvalue weighted by atomic mass is 16.5. The van der Waals surface area contributed by atoms with Gasteiger partial charge in [-0.25, -0.2) is 0 Å². The number of benzene rings is 1. The van der Waals surface area contributed by atoms with E-state index in [9.17, 15) is 0 Å². The lowest BCUT2D eigenvalue weighted by atomic mass is 10.0. The molecule has 0 saturated heterocycles. The maximum absolute atomic E-state index is 5.46. The normalized spacial score (nSPS) is 12.4. The van der Waals surface area contributed by atoms with Crippen LogP contribution in [0.5, 0.6) is 5.75 Å². The summed E-state index contributed by atoms with van der Waals surface area (Å²) in [6.45, 7) is 8.15. The van der Waals surface area contributed by atoms with Gasteiger partial charge in [-0.3, -0.25) is 0 Å². The van der Waals surface area contributed by atoms with Crippen molar-refractivity contribution < 1.29 is 4.74 Å². The predicted molar refractivity (Wildman–Crippen MR) is 73.6 cm³/mol. The number of nitrogens with one attached hydrogen (secondary N) is 1. The molecule has 0 aliphatic rings. The average Bonchev–Trinajstić information content (AvgIpc) is 2.36. The van der Waals surface area contributed by atoms with Gasteiger partial charge in [-0.05, 0) is 37.6 Å². The smallest absolute Gasteiger partial charge is 0.119 e. The molecule has 1 unspecified atom stereocenters. The van der Waals surface area contributed by atoms with Gasteiger partial charge in [0.15, 0.2) is 0 Å². The van der Waals surface area contributed by atoms with Crippen LogP contribution in [0.25, 0.3) is 0 Å². The Balaban J connectivity index is 2.65. The molecule has 2 nitrogen and oxygen atoms in total. The molecule has 0 radical (unpaired) electrons. The summed E-state index contributed by atoms with van der Waals surface area (Å²) in [6.07, 6.45) is 3.72. The fraction of sp³-hybridized carbons (Fsp3) is 0.600. The second-order valence-corrected chi connectivity index (χ2v) is 4.25. The molecule has 0 fully saturated rings. The van der Waals surface area contributed by atoms with E-state index in [1.54, 1.807) is 0 Å². The minimum atomic E-state index is 0.482. The summed E-state index contributed by atoms with van der Waals surface area (Å²) in [6, 6.07) is 8.96. The molecule has 2 heteroatoms. The van der Waals surface area contributed by atoms with Crippen molar-refractivity contribution in [1.29, 1.82) is 0 Å². The molecule has 1 atom stereocenters. The van der Waals surface area contributed by atoms with E-state index in [-0.39, 0.29) is 0 Å². The molecule has 0 bridgehead atoms. The Kier molecular flexibility index (Phi) is 6.71. The van der Waals surface area contributed by atoms with Gasteiger partial charge in [0.2, 0.25) is 0 Å². The standard InChI is InChI=1S/C15H25NO/c1-4-7-8-15(16-5-2)13-9-11-14(12-10-13)17-6-3/h9-12,15-16H,4-8H2,1-3H3. The first kappa shape index (κ1) is 14.0. The van der Waals surface area contributed by atoms with E-state index < -0.39 is 0 Å². The second kappa shape index (κ2) is 8.13. The molecule has 17 heavy (non-hydrogen) atoms. The Morgan fingerprint density at radius 3 is 2.35 bits per heavy atom. The van der Waals surface area contributed by atoms with Crippen molar-refractivity contribution in [2.45, 2.75) is 46.1 Å². The van der Waals surface area contributed by atoms with Crippen molar-refractivity contribution in [2.24, 2.45) is 0 Å². The summed E-state index contributed by atoms with van der Waals surface area (Å²) in [7, 11) is 0. The largest absolute Gasteiger partial charge is 0.494 e. The fourth-order valence-corrected chi connectivity index (χ4v) is 2.00. The van der Waals surface area contributed by atoms with Crippen LogP contribution in [0.1, 0.15) is 51.6 Å². The van der Waals surface area contributed by atoms with Crippen LogP contribution in [-0.2, 0) is 0 Å². The molecule has 1 rings (SSSR count). The van der Waals surface area contributed by atoms with Gasteiger partial charge < -0.3 is 10.1 Å². The minimum absolute atomic E-state index is 0.482. The van der Waals surface area contributed by atoms with Crippen molar-refractivity contribution in [3.05, 3.63) is 29.8 Å². The van der Waals surface area contributed by atoms with Gasteiger partial charge in [0.1, 0.15) is 5.75 Å². The maximum atomic E-state index is 5.46. The highest BCUT2D eigenvalue weighted by Gasteiger charge is 2.09. The van der Waals surface area contributed by atoms with E-state index in [4.69, 9.17) is 4.74 Å². The molecule has 1 aromatic carbocycles. The van der Waals surface area contributed by atoms with Gasteiger partial charge in [-0.15, -0.1) is 0 Å². The van der Waals surface area contributed by atoms with Gasteiger partial charge in [0, 0.05) is 6.04 Å². The Morgan fingerprint density at radius 2 is 1.82 bits per heavy atom. The Hall–Kier alpha value is -1.02. The molecule has 0 heterocycles. The second-order valence-electron chi connectivity index (χ2n) is 4.25. The van der Waals surface area contributed by atoms with Crippen molar-refractivity contribution >= 4 is 0 Å². The Labute approximate surface area is 105 Å². The molecule has 0 amide bonds. The van der Waals surface area contributed by atoms with E-state index in [0.717, 1.165) is 18.9 Å². The molecular weight excluding hydrogens is 210 g/mol. The topological polar surface area (TPSA) is 21.3 Å². The van der Waals surface area contributed by atoms with Gasteiger partial charge in [0.05, 0.1) is 6.61 Å². The third kappa shape index (κ3) is 4.78. The van der Waals surface area contributed by atoms with Crippen LogP contribution in [-0.4, -0.2) is 13.2 Å². The van der Waals surface area contributed by atoms with E-state index >= 15 is 0 Å². The number of hydrogen-bond acceptors (Lipinski definition) is 2. The van der Waals surface area contributed by atoms with Crippen LogP contribution in [0.2, 0.25) is 0 Å². The third-order valence-corrected chi connectivity index (χ3v) is 2.89. The molecule has 0 aliphatic heterocycles. The molecule has 0 saturated carbocycles. The monoisotopic (exact) mass is 235 g/mol. The summed E-state index contributed by atoms with van der Waals surface area (Å²) >= 11 is 0. The third-order valence-electron chi connectivity index (χ3n) is 2.89. The number of unbranched alkanes of at least 4 members (excludes halogenated alkanes) is 1. The minimum Gasteiger partial charge on any atom is -0.494 e. The fourth-order valence-electron chi connectivity index (χ4n) is 2.00. The van der Waals surface area contributed by atoms with Gasteiger partial charge in [-0.1, -0.05) is 38.8 Å². The quantitative estimate of drug-likeness (QED) is 0.737. The van der Waals surface area contributed by atoms with Crippen molar-refractivity contribution in [3.63, 3.8) is 0 Å². The van der Waals surface area contributed by atoms with E-state index in [1.807, 2.05) is 6.92 Å². The highest BCUT2D eigenvalue weighted by molar-refractivity contribution is 5.29. The summed E-state index contributed by atoms with van der Waals surface area (Å²) in [5, 5.41) is 3.54. The predicted octanol–water partition coefficient (Wildman–Crippen LogP) is 3.93. The van der Waals surface area contributed by atoms with Gasteiger partial charge in [0.25, 0.3) is 0 Å². The average molecular weight is 235 g/mol. The SMILES string of the molecule is CCCCC(NCC)c1ccc(OCC)cc1. The lowest BCUT2D eigenvalue weighted by Crippen LogP contribution is -2.20. The van der Waals surface area contributed by atoms with Crippen LogP contribution >= 0.6 is 0 Å². The van der Waals surface area contributed by atoms with E-state index in [2.05, 4.69) is 43.4 Å². The molecule has 0 aromatic heterocycles. The van der Waals surface area contributed by atoms with Gasteiger partial charge >= 0.3 is 0 Å². The van der Waals surface area contributed by atoms with Crippen LogP contribution in [0, 0.1) is 0 Å². The zero-order valence-electron chi connectivity index (χ0n) is 11.3. The van der Waals surface area contributed by atoms with Crippen molar-refractivity contribution in [2.75, 3.05) is 13.2 Å². The summed E-state index contributed by atoms with van der Waals surface area (Å²) in [4.78, 5) is 0. The van der Waals surface area contributed by atoms with Crippen molar-refractivity contribution in [3.8, 4) is 5.75 Å². The molecule has 1 aromatic rings. The summed E-state index contributed by atoms with van der Waals surface area (Å²) in [5.41, 5.74) is 1.36. The molecule has 1 N–H and O–H groups in total. The lowest BCUT2D eigenvalue weighted by molar-refractivity contribution is 0.340. The molecule has 0 aliphatic carbocycles. The highest BCUT2D eigenvalue weighted by Crippen LogP contribution is 2.22. The van der Waals surface area contributed by atoms with Crippen LogP contribution in [0.3, 0.4) is 0 Å². The van der Waals surface area contributed by atoms with Crippen LogP contribution < -0.4 is 10.1 Å². The maximum Gasteiger partial charge on any atom is 0.119 e. The number of ether oxygens (including phenoxy) is 1.